The lowest BCUT2D eigenvalue weighted by atomic mass is 10.0. The van der Waals surface area contributed by atoms with Gasteiger partial charge in [0.15, 0.2) is 5.78 Å². The van der Waals surface area contributed by atoms with Gasteiger partial charge in [-0.3, -0.25) is 4.79 Å². The van der Waals surface area contributed by atoms with Gasteiger partial charge in [0.1, 0.15) is 10.8 Å². The Morgan fingerprint density at radius 3 is 1.19 bits per heavy atom. The molecule has 0 saturated heterocycles. The number of Topliss-reactive ketones (excluding diaryl/α,β-unsaturated/α-hetero) is 1. The molecular weight excluding hydrogens is 423 g/mol. The van der Waals surface area contributed by atoms with Crippen LogP contribution in [-0.4, -0.2) is 22.6 Å². The van der Waals surface area contributed by atoms with Crippen LogP contribution >= 0.6 is 23.2 Å². The fourth-order valence-corrected chi connectivity index (χ4v) is 3.75. The van der Waals surface area contributed by atoms with Gasteiger partial charge in [-0.25, -0.2) is 27.1 Å². The molecule has 0 heterocycles. The summed E-state index contributed by atoms with van der Waals surface area (Å²) in [6, 6.07) is 10.4. The number of hydrogen-bond acceptors (Lipinski definition) is 5. The molecule has 26 heavy (non-hydrogen) atoms. The van der Waals surface area contributed by atoms with Gasteiger partial charge in [0, 0.05) is 0 Å². The number of benzene rings is 2. The Morgan fingerprint density at radius 2 is 0.962 bits per heavy atom. The Labute approximate surface area is 161 Å². The van der Waals surface area contributed by atoms with Gasteiger partial charge in [-0.05, 0) is 35.4 Å². The van der Waals surface area contributed by atoms with E-state index < -0.39 is 36.6 Å². The maximum Gasteiger partial charge on any atom is 0.238 e. The molecule has 4 N–H and O–H groups in total. The number of carbonyl (C=O) groups is 1. The predicted octanol–water partition coefficient (Wildman–Crippen LogP) is 1.81. The van der Waals surface area contributed by atoms with Crippen LogP contribution in [0.25, 0.3) is 0 Å². The van der Waals surface area contributed by atoms with Gasteiger partial charge in [0.05, 0.1) is 9.79 Å². The molecule has 7 nitrogen and oxygen atoms in total. The van der Waals surface area contributed by atoms with Crippen LogP contribution in [0, 0.1) is 0 Å². The molecule has 2 atom stereocenters. The molecule has 0 aromatic heterocycles. The highest BCUT2D eigenvalue weighted by atomic mass is 35.5. The third kappa shape index (κ3) is 4.81. The molecule has 0 fully saturated rings. The topological polar surface area (TPSA) is 137 Å². The maximum absolute atomic E-state index is 12.5. The first-order valence-corrected chi connectivity index (χ1v) is 10.9. The van der Waals surface area contributed by atoms with E-state index in [4.69, 9.17) is 33.5 Å². The first-order valence-electron chi connectivity index (χ1n) is 6.98. The van der Waals surface area contributed by atoms with Crippen LogP contribution in [0.4, 0.5) is 0 Å². The monoisotopic (exact) mass is 436 g/mol. The minimum atomic E-state index is -3.85. The summed E-state index contributed by atoms with van der Waals surface area (Å²) in [5.74, 6) is -0.556. The van der Waals surface area contributed by atoms with Crippen molar-refractivity contribution in [2.24, 2.45) is 10.3 Å². The summed E-state index contributed by atoms with van der Waals surface area (Å²) in [6.45, 7) is 0. The van der Waals surface area contributed by atoms with Crippen molar-refractivity contribution in [1.29, 1.82) is 0 Å². The summed E-state index contributed by atoms with van der Waals surface area (Å²) in [6.07, 6.45) is 0. The Bertz CT molecular complexity index is 937. The molecule has 2 aromatic carbocycles. The van der Waals surface area contributed by atoms with Gasteiger partial charge in [0.25, 0.3) is 0 Å². The van der Waals surface area contributed by atoms with Gasteiger partial charge in [-0.1, -0.05) is 24.3 Å². The van der Waals surface area contributed by atoms with E-state index in [1.54, 1.807) is 0 Å². The molecule has 0 amide bonds. The number of alkyl halides is 2. The van der Waals surface area contributed by atoms with Gasteiger partial charge in [-0.15, -0.1) is 23.2 Å². The number of primary sulfonamides is 2. The van der Waals surface area contributed by atoms with E-state index in [9.17, 15) is 21.6 Å². The van der Waals surface area contributed by atoms with Crippen LogP contribution in [0.5, 0.6) is 0 Å². The summed E-state index contributed by atoms with van der Waals surface area (Å²) in [7, 11) is -7.71. The van der Waals surface area contributed by atoms with E-state index in [1.165, 1.54) is 48.5 Å². The number of carbonyl (C=O) groups excluding carboxylic acids is 1. The highest BCUT2D eigenvalue weighted by molar-refractivity contribution is 7.89. The molecule has 2 unspecified atom stereocenters. The second-order valence-electron chi connectivity index (χ2n) is 5.36. The SMILES string of the molecule is NS(=O)(=O)c1ccc(C(Cl)C(=O)C(Cl)c2ccc(S(N)(=O)=O)cc2)cc1. The number of sulfonamides is 2. The second kappa shape index (κ2) is 7.63. The van der Waals surface area contributed by atoms with Crippen molar-refractivity contribution < 1.29 is 21.6 Å². The van der Waals surface area contributed by atoms with E-state index in [-0.39, 0.29) is 9.79 Å². The number of hydrogen-bond donors (Lipinski definition) is 2. The largest absolute Gasteiger partial charge is 0.296 e. The first-order chi connectivity index (χ1) is 11.9. The van der Waals surface area contributed by atoms with Gasteiger partial charge in [0.2, 0.25) is 20.0 Å². The minimum Gasteiger partial charge on any atom is -0.296 e. The lowest BCUT2D eigenvalue weighted by Gasteiger charge is -2.14. The van der Waals surface area contributed by atoms with Crippen molar-refractivity contribution in [3.05, 3.63) is 59.7 Å². The van der Waals surface area contributed by atoms with Crippen LogP contribution < -0.4 is 10.3 Å². The fourth-order valence-electron chi connectivity index (χ4n) is 2.11. The van der Waals surface area contributed by atoms with Crippen LogP contribution in [0.3, 0.4) is 0 Å². The number of rotatable bonds is 6. The third-order valence-electron chi connectivity index (χ3n) is 3.50. The molecular formula is C15H14Cl2N2O5S2. The summed E-state index contributed by atoms with van der Waals surface area (Å²) < 4.78 is 45.0. The molecule has 11 heteroatoms. The van der Waals surface area contributed by atoms with E-state index in [1.807, 2.05) is 0 Å². The van der Waals surface area contributed by atoms with Crippen molar-refractivity contribution in [1.82, 2.24) is 0 Å². The number of halogens is 2. The van der Waals surface area contributed by atoms with Crippen LogP contribution in [0.2, 0.25) is 0 Å². The van der Waals surface area contributed by atoms with E-state index >= 15 is 0 Å². The molecule has 2 aromatic rings. The van der Waals surface area contributed by atoms with Crippen molar-refractivity contribution in [2.45, 2.75) is 20.5 Å². The highest BCUT2D eigenvalue weighted by Crippen LogP contribution is 2.32. The molecule has 0 spiro atoms. The average Bonchev–Trinajstić information content (AvgIpc) is 2.58. The molecule has 140 valence electrons. The van der Waals surface area contributed by atoms with E-state index in [2.05, 4.69) is 0 Å². The predicted molar refractivity (Wildman–Crippen MR) is 97.8 cm³/mol. The van der Waals surface area contributed by atoms with Crippen molar-refractivity contribution in [2.75, 3.05) is 0 Å². The van der Waals surface area contributed by atoms with Crippen LogP contribution in [0.1, 0.15) is 21.9 Å². The molecule has 0 radical (unpaired) electrons. The maximum atomic E-state index is 12.5. The Morgan fingerprint density at radius 1 is 0.692 bits per heavy atom. The molecule has 0 bridgehead atoms. The van der Waals surface area contributed by atoms with E-state index in [0.29, 0.717) is 11.1 Å². The quantitative estimate of drug-likeness (QED) is 0.664. The van der Waals surface area contributed by atoms with Crippen molar-refractivity contribution in [3.63, 3.8) is 0 Å². The highest BCUT2D eigenvalue weighted by Gasteiger charge is 2.27. The summed E-state index contributed by atoms with van der Waals surface area (Å²) >= 11 is 12.3. The number of ketones is 1. The van der Waals surface area contributed by atoms with Gasteiger partial charge >= 0.3 is 0 Å². The lowest BCUT2D eigenvalue weighted by Crippen LogP contribution is -2.15. The van der Waals surface area contributed by atoms with Gasteiger partial charge < -0.3 is 0 Å². The Hall–Kier alpha value is -1.49. The smallest absolute Gasteiger partial charge is 0.238 e. The standard InChI is InChI=1S/C15H14Cl2N2O5S2/c16-13(9-1-5-11(6-2-9)25(18,21)22)15(20)14(17)10-3-7-12(8-4-10)26(19,23)24/h1-8,13-14H,(H2,18,21,22)(H2,19,23,24). The van der Waals surface area contributed by atoms with Crippen LogP contribution in [-0.2, 0) is 24.8 Å². The van der Waals surface area contributed by atoms with Gasteiger partial charge in [-0.2, -0.15) is 0 Å². The molecule has 0 saturated carbocycles. The molecule has 2 rings (SSSR count). The minimum absolute atomic E-state index is 0.112. The molecule has 0 aliphatic heterocycles. The number of nitrogens with two attached hydrogens (primary N) is 2. The Balaban J connectivity index is 2.22. The summed E-state index contributed by atoms with van der Waals surface area (Å²) in [4.78, 5) is 12.2. The zero-order chi connectivity index (χ0) is 19.7. The molecule has 0 aliphatic carbocycles. The third-order valence-corrected chi connectivity index (χ3v) is 6.29. The van der Waals surface area contributed by atoms with E-state index in [0.717, 1.165) is 0 Å². The van der Waals surface area contributed by atoms with Crippen molar-refractivity contribution in [3.8, 4) is 0 Å². The zero-order valence-corrected chi connectivity index (χ0v) is 16.2. The Kier molecular flexibility index (Phi) is 6.11. The summed E-state index contributed by atoms with van der Waals surface area (Å²) in [5, 5.41) is 7.75. The van der Waals surface area contributed by atoms with Crippen LogP contribution in [0.15, 0.2) is 58.3 Å². The summed E-state index contributed by atoms with van der Waals surface area (Å²) in [5.41, 5.74) is 0.687. The normalized spacial score (nSPS) is 14.6. The zero-order valence-electron chi connectivity index (χ0n) is 13.0. The molecule has 0 aliphatic rings. The fraction of sp³-hybridized carbons (Fsp3) is 0.133. The average molecular weight is 437 g/mol. The second-order valence-corrected chi connectivity index (χ2v) is 9.35. The van der Waals surface area contributed by atoms with Crippen molar-refractivity contribution >= 4 is 49.0 Å². The first kappa shape index (κ1) is 20.8. The lowest BCUT2D eigenvalue weighted by molar-refractivity contribution is -0.118.